The van der Waals surface area contributed by atoms with Crippen LogP contribution in [0.4, 0.5) is 5.82 Å². The Kier molecular flexibility index (Phi) is 1.96. The second-order valence-corrected chi connectivity index (χ2v) is 4.86. The average molecular weight is 203 g/mol. The van der Waals surface area contributed by atoms with Gasteiger partial charge in [-0.1, -0.05) is 6.07 Å². The fraction of sp³-hybridized carbons (Fsp3) is 0.583. The van der Waals surface area contributed by atoms with Crippen LogP contribution in [0.2, 0.25) is 0 Å². The van der Waals surface area contributed by atoms with Gasteiger partial charge in [0, 0.05) is 31.4 Å². The van der Waals surface area contributed by atoms with Crippen LogP contribution in [-0.2, 0) is 6.54 Å². The van der Waals surface area contributed by atoms with E-state index in [0.29, 0.717) is 12.0 Å². The van der Waals surface area contributed by atoms with Gasteiger partial charge in [0.05, 0.1) is 0 Å². The van der Waals surface area contributed by atoms with Crippen LogP contribution in [0.15, 0.2) is 18.3 Å². The van der Waals surface area contributed by atoms with E-state index in [0.717, 1.165) is 12.4 Å². The molecular weight excluding hydrogens is 186 g/mol. The number of pyridine rings is 1. The van der Waals surface area contributed by atoms with Crippen LogP contribution in [0.1, 0.15) is 24.8 Å². The van der Waals surface area contributed by atoms with Crippen molar-refractivity contribution in [2.45, 2.75) is 25.8 Å². The van der Waals surface area contributed by atoms with Crippen molar-refractivity contribution in [3.05, 3.63) is 23.9 Å². The molecule has 0 aromatic carbocycles. The molecule has 0 unspecified atom stereocenters. The van der Waals surface area contributed by atoms with Gasteiger partial charge in [0.2, 0.25) is 0 Å². The van der Waals surface area contributed by atoms with Gasteiger partial charge in [0.25, 0.3) is 0 Å². The van der Waals surface area contributed by atoms with E-state index >= 15 is 0 Å². The summed E-state index contributed by atoms with van der Waals surface area (Å²) in [5, 5.41) is 0. The van der Waals surface area contributed by atoms with Crippen molar-refractivity contribution in [3.8, 4) is 0 Å². The zero-order valence-electron chi connectivity index (χ0n) is 8.95. The predicted octanol–water partition coefficient (Wildman–Crippen LogP) is 1.53. The summed E-state index contributed by atoms with van der Waals surface area (Å²) in [6.45, 7) is 2.94. The van der Waals surface area contributed by atoms with Gasteiger partial charge in [0.1, 0.15) is 5.82 Å². The Balaban J connectivity index is 1.86. The van der Waals surface area contributed by atoms with Gasteiger partial charge in [-0.15, -0.1) is 0 Å². The molecule has 2 fully saturated rings. The summed E-state index contributed by atoms with van der Waals surface area (Å²) >= 11 is 0. The van der Waals surface area contributed by atoms with Crippen molar-refractivity contribution >= 4 is 5.82 Å². The first-order valence-corrected chi connectivity index (χ1v) is 5.72. The number of rotatable bonds is 2. The Morgan fingerprint density at radius 3 is 2.93 bits per heavy atom. The quantitative estimate of drug-likeness (QED) is 0.792. The zero-order chi connectivity index (χ0) is 10.3. The third-order valence-electron chi connectivity index (χ3n) is 3.78. The summed E-state index contributed by atoms with van der Waals surface area (Å²) in [5.74, 6) is 1.11. The molecule has 1 saturated heterocycles. The molecule has 1 aliphatic carbocycles. The summed E-state index contributed by atoms with van der Waals surface area (Å²) in [4.78, 5) is 6.88. The minimum Gasteiger partial charge on any atom is -0.356 e. The summed E-state index contributed by atoms with van der Waals surface area (Å²) in [6.07, 6.45) is 6.03. The van der Waals surface area contributed by atoms with Crippen molar-refractivity contribution in [3.63, 3.8) is 0 Å². The highest BCUT2D eigenvalue weighted by molar-refractivity contribution is 5.48. The molecule has 1 aromatic heterocycles. The number of anilines is 1. The Morgan fingerprint density at radius 1 is 1.40 bits per heavy atom. The maximum atomic E-state index is 5.73. The first-order valence-electron chi connectivity index (χ1n) is 5.72. The second-order valence-electron chi connectivity index (χ2n) is 4.86. The maximum absolute atomic E-state index is 5.73. The molecule has 1 aromatic rings. The maximum Gasteiger partial charge on any atom is 0.133 e. The normalized spacial score (nSPS) is 22.3. The van der Waals surface area contributed by atoms with Crippen LogP contribution in [0.25, 0.3) is 0 Å². The van der Waals surface area contributed by atoms with E-state index in [2.05, 4.69) is 16.0 Å². The smallest absolute Gasteiger partial charge is 0.133 e. The van der Waals surface area contributed by atoms with E-state index in [9.17, 15) is 0 Å². The van der Waals surface area contributed by atoms with Gasteiger partial charge < -0.3 is 10.6 Å². The number of nitrogens with two attached hydrogens (primary N) is 1. The molecule has 2 N–H and O–H groups in total. The summed E-state index contributed by atoms with van der Waals surface area (Å²) < 4.78 is 0. The standard InChI is InChI=1S/C12H17N3/c13-8-10-2-1-6-14-11(10)15-7-5-12(9-15)3-4-12/h1-2,6H,3-5,7-9,13H2. The lowest BCUT2D eigenvalue weighted by atomic mass is 10.1. The molecular formula is C12H17N3. The lowest BCUT2D eigenvalue weighted by molar-refractivity contribution is 0.580. The Hall–Kier alpha value is -1.09. The highest BCUT2D eigenvalue weighted by atomic mass is 15.2. The van der Waals surface area contributed by atoms with E-state index in [1.807, 2.05) is 12.3 Å². The molecule has 0 bridgehead atoms. The van der Waals surface area contributed by atoms with Gasteiger partial charge >= 0.3 is 0 Å². The molecule has 3 heteroatoms. The molecule has 0 atom stereocenters. The molecule has 1 saturated carbocycles. The molecule has 3 rings (SSSR count). The van der Waals surface area contributed by atoms with E-state index < -0.39 is 0 Å². The van der Waals surface area contributed by atoms with Gasteiger partial charge in [0.15, 0.2) is 0 Å². The first kappa shape index (κ1) is 9.16. The molecule has 1 spiro atoms. The van der Waals surface area contributed by atoms with Gasteiger partial charge in [-0.2, -0.15) is 0 Å². The van der Waals surface area contributed by atoms with Crippen LogP contribution < -0.4 is 10.6 Å². The van der Waals surface area contributed by atoms with Crippen LogP contribution >= 0.6 is 0 Å². The Morgan fingerprint density at radius 2 is 2.27 bits per heavy atom. The molecule has 2 aliphatic rings. The van der Waals surface area contributed by atoms with E-state index in [1.165, 1.54) is 31.4 Å². The molecule has 0 amide bonds. The lowest BCUT2D eigenvalue weighted by Crippen LogP contribution is -2.23. The highest BCUT2D eigenvalue weighted by Gasteiger charge is 2.48. The zero-order valence-corrected chi connectivity index (χ0v) is 8.95. The predicted molar refractivity (Wildman–Crippen MR) is 60.6 cm³/mol. The molecule has 2 heterocycles. The van der Waals surface area contributed by atoms with Crippen LogP contribution in [-0.4, -0.2) is 18.1 Å². The van der Waals surface area contributed by atoms with Crippen molar-refractivity contribution in [1.82, 2.24) is 4.98 Å². The molecule has 80 valence electrons. The van der Waals surface area contributed by atoms with E-state index in [-0.39, 0.29) is 0 Å². The number of hydrogen-bond acceptors (Lipinski definition) is 3. The highest BCUT2D eigenvalue weighted by Crippen LogP contribution is 2.53. The van der Waals surface area contributed by atoms with Crippen molar-refractivity contribution < 1.29 is 0 Å². The second kappa shape index (κ2) is 3.20. The molecule has 1 aliphatic heterocycles. The minimum absolute atomic E-state index is 0.590. The van der Waals surface area contributed by atoms with Crippen molar-refractivity contribution in [2.24, 2.45) is 11.1 Å². The largest absolute Gasteiger partial charge is 0.356 e. The van der Waals surface area contributed by atoms with Crippen LogP contribution in [0.5, 0.6) is 0 Å². The summed E-state index contributed by atoms with van der Waals surface area (Å²) in [6, 6.07) is 4.05. The fourth-order valence-electron chi connectivity index (χ4n) is 2.58. The summed E-state index contributed by atoms with van der Waals surface area (Å²) in [5.41, 5.74) is 7.57. The summed E-state index contributed by atoms with van der Waals surface area (Å²) in [7, 11) is 0. The fourth-order valence-corrected chi connectivity index (χ4v) is 2.58. The first-order chi connectivity index (χ1) is 7.33. The third-order valence-corrected chi connectivity index (χ3v) is 3.78. The lowest BCUT2D eigenvalue weighted by Gasteiger charge is -2.19. The van der Waals surface area contributed by atoms with Crippen molar-refractivity contribution in [2.75, 3.05) is 18.0 Å². The van der Waals surface area contributed by atoms with Gasteiger partial charge in [-0.25, -0.2) is 4.98 Å². The molecule has 0 radical (unpaired) electrons. The van der Waals surface area contributed by atoms with E-state index in [4.69, 9.17) is 5.73 Å². The third kappa shape index (κ3) is 1.51. The molecule has 3 nitrogen and oxygen atoms in total. The van der Waals surface area contributed by atoms with E-state index in [1.54, 1.807) is 0 Å². The van der Waals surface area contributed by atoms with Crippen molar-refractivity contribution in [1.29, 1.82) is 0 Å². The number of hydrogen-bond donors (Lipinski definition) is 1. The number of nitrogens with zero attached hydrogens (tertiary/aromatic N) is 2. The minimum atomic E-state index is 0.590. The monoisotopic (exact) mass is 203 g/mol. The van der Waals surface area contributed by atoms with Gasteiger partial charge in [-0.3, -0.25) is 0 Å². The Bertz CT molecular complexity index is 371. The molecule has 15 heavy (non-hydrogen) atoms. The van der Waals surface area contributed by atoms with Gasteiger partial charge in [-0.05, 0) is 30.7 Å². The van der Waals surface area contributed by atoms with Crippen LogP contribution in [0, 0.1) is 5.41 Å². The topological polar surface area (TPSA) is 42.1 Å². The SMILES string of the molecule is NCc1cccnc1N1CCC2(CC2)C1. The average Bonchev–Trinajstić information content (AvgIpc) is 2.89. The van der Waals surface area contributed by atoms with Crippen LogP contribution in [0.3, 0.4) is 0 Å². The number of aromatic nitrogens is 1. The Labute approximate surface area is 90.3 Å².